The van der Waals surface area contributed by atoms with Gasteiger partial charge in [0, 0.05) is 25.7 Å². The van der Waals surface area contributed by atoms with Gasteiger partial charge in [0.1, 0.15) is 35.6 Å². The maximum Gasteiger partial charge on any atom is 0.338 e. The zero-order valence-corrected chi connectivity index (χ0v) is 28.4. The third-order valence-electron chi connectivity index (χ3n) is 12.3. The first-order valence-electron chi connectivity index (χ1n) is 17.0. The zero-order valence-electron chi connectivity index (χ0n) is 28.4. The van der Waals surface area contributed by atoms with Crippen LogP contribution in [0.5, 0.6) is 0 Å². The Labute approximate surface area is 284 Å². The van der Waals surface area contributed by atoms with Crippen LogP contribution < -0.4 is 0 Å². The molecule has 0 radical (unpaired) electrons. The molecule has 6 aliphatic rings. The molecule has 8 rings (SSSR count). The highest BCUT2D eigenvalue weighted by molar-refractivity contribution is 5.90. The van der Waals surface area contributed by atoms with E-state index in [1.807, 2.05) is 20.8 Å². The van der Waals surface area contributed by atoms with Crippen LogP contribution in [0.15, 0.2) is 72.8 Å². The van der Waals surface area contributed by atoms with Gasteiger partial charge in [-0.1, -0.05) is 56.8 Å². The highest BCUT2D eigenvalue weighted by Gasteiger charge is 2.90. The molecule has 4 bridgehead atoms. The van der Waals surface area contributed by atoms with Crippen molar-refractivity contribution in [3.05, 3.63) is 83.9 Å². The van der Waals surface area contributed by atoms with Gasteiger partial charge in [0.05, 0.1) is 22.6 Å². The molecule has 11 nitrogen and oxygen atoms in total. The van der Waals surface area contributed by atoms with Crippen molar-refractivity contribution in [3.8, 4) is 0 Å². The Morgan fingerprint density at radius 3 is 1.96 bits per heavy atom. The molecule has 3 aliphatic heterocycles. The average Bonchev–Trinajstić information content (AvgIpc) is 3.65. The summed E-state index contributed by atoms with van der Waals surface area (Å²) in [6.07, 6.45) is -4.56. The second-order valence-corrected chi connectivity index (χ2v) is 15.1. The van der Waals surface area contributed by atoms with Gasteiger partial charge in [0.25, 0.3) is 5.97 Å². The minimum Gasteiger partial charge on any atom is -0.459 e. The van der Waals surface area contributed by atoms with E-state index < -0.39 is 94.6 Å². The summed E-state index contributed by atoms with van der Waals surface area (Å²) in [7, 11) is 0. The highest BCUT2D eigenvalue weighted by atomic mass is 16.9. The van der Waals surface area contributed by atoms with Crippen molar-refractivity contribution in [1.29, 1.82) is 0 Å². The lowest BCUT2D eigenvalue weighted by Gasteiger charge is -2.62. The van der Waals surface area contributed by atoms with Crippen molar-refractivity contribution < 1.29 is 52.6 Å². The fraction of sp³-hybridized carbons (Fsp3) is 0.553. The Kier molecular flexibility index (Phi) is 6.96. The van der Waals surface area contributed by atoms with Crippen LogP contribution in [0, 0.1) is 23.7 Å². The van der Waals surface area contributed by atoms with Crippen LogP contribution in [0.1, 0.15) is 68.7 Å². The van der Waals surface area contributed by atoms with E-state index in [0.29, 0.717) is 17.6 Å². The van der Waals surface area contributed by atoms with Crippen molar-refractivity contribution in [2.24, 2.45) is 23.7 Å². The Hall–Kier alpha value is -3.61. The molecular weight excluding hydrogens is 632 g/mol. The van der Waals surface area contributed by atoms with E-state index in [2.05, 4.69) is 6.58 Å². The van der Waals surface area contributed by atoms with Gasteiger partial charge in [-0.15, -0.1) is 0 Å². The van der Waals surface area contributed by atoms with Crippen LogP contribution >= 0.6 is 0 Å². The topological polar surface area (TPSA) is 136 Å². The smallest absolute Gasteiger partial charge is 0.338 e. The van der Waals surface area contributed by atoms with Crippen LogP contribution in [0.2, 0.25) is 0 Å². The minimum atomic E-state index is -1.74. The van der Waals surface area contributed by atoms with Crippen LogP contribution in [-0.2, 0) is 38.0 Å². The Balaban J connectivity index is 1.35. The lowest BCUT2D eigenvalue weighted by Crippen LogP contribution is -2.80. The molecule has 260 valence electrons. The standard InChI is InChI=1S/C38H42O11/c1-19(2)37-28-21(4)36(42)25-18-20(3)27(43-22(5)39)38(25)33(45-32(41)24-16-12-9-13-17-24)34(6,48-38)29(44-31(40)23-14-10-8-11-15-23)26(36)30(37)47-35(7,46-28)49-37/h8-17,20-21,25-30,33,42H,1,18H2,2-7H3/t20-,21+,25-,26-,27-,28-,29-,30+,33+,34+,35+,36-,37-,38+/m0/s1. The average molecular weight is 675 g/mol. The second-order valence-electron chi connectivity index (χ2n) is 15.1. The van der Waals surface area contributed by atoms with Crippen molar-refractivity contribution in [3.63, 3.8) is 0 Å². The molecule has 1 N–H and O–H groups in total. The number of carbonyl (C=O) groups excluding carboxylic acids is 3. The SMILES string of the molecule is C=C(C)[C@@]12O[C@@]3(C)O[C@@H]1[C@@H]1[C@H](OC(=O)c4ccccc4)[C@@]4(C)O[C@@]5([C@@H]4OC(=O)c4ccccc4)[C@@H](OC(C)=O)[C@@H](C)C[C@H]5[C@@]1(O)[C@H](C)[C@@H]2O3. The largest absolute Gasteiger partial charge is 0.459 e. The molecule has 2 aromatic carbocycles. The normalized spacial score (nSPS) is 46.8. The second kappa shape index (κ2) is 10.5. The van der Waals surface area contributed by atoms with Crippen LogP contribution in [-0.4, -0.2) is 81.9 Å². The molecule has 0 aromatic heterocycles. The lowest BCUT2D eigenvalue weighted by atomic mass is 9.53. The first-order chi connectivity index (χ1) is 23.1. The van der Waals surface area contributed by atoms with Gasteiger partial charge >= 0.3 is 17.9 Å². The number of aliphatic hydroxyl groups is 1. The molecule has 3 saturated carbocycles. The van der Waals surface area contributed by atoms with E-state index >= 15 is 0 Å². The van der Waals surface area contributed by atoms with Crippen LogP contribution in [0.25, 0.3) is 0 Å². The number of rotatable bonds is 6. The maximum atomic E-state index is 14.0. The Bertz CT molecular complexity index is 1730. The Morgan fingerprint density at radius 2 is 1.39 bits per heavy atom. The first kappa shape index (κ1) is 32.6. The molecule has 0 unspecified atom stereocenters. The van der Waals surface area contributed by atoms with E-state index in [4.69, 9.17) is 33.2 Å². The number of hydrogen-bond acceptors (Lipinski definition) is 11. The van der Waals surface area contributed by atoms with Gasteiger partial charge in [-0.25, -0.2) is 9.59 Å². The van der Waals surface area contributed by atoms with Crippen molar-refractivity contribution in [2.75, 3.05) is 0 Å². The van der Waals surface area contributed by atoms with Gasteiger partial charge < -0.3 is 38.3 Å². The summed E-state index contributed by atoms with van der Waals surface area (Å²) in [5.41, 5.74) is -4.76. The molecule has 3 saturated heterocycles. The fourth-order valence-corrected chi connectivity index (χ4v) is 10.5. The first-order valence-corrected chi connectivity index (χ1v) is 17.0. The fourth-order valence-electron chi connectivity index (χ4n) is 10.5. The third-order valence-corrected chi connectivity index (χ3v) is 12.3. The summed E-state index contributed by atoms with van der Waals surface area (Å²) in [6, 6.07) is 17.1. The molecule has 11 heteroatoms. The number of esters is 3. The molecule has 3 aliphatic carbocycles. The summed E-state index contributed by atoms with van der Waals surface area (Å²) >= 11 is 0. The minimum absolute atomic E-state index is 0.286. The maximum absolute atomic E-state index is 14.0. The van der Waals surface area contributed by atoms with Crippen LogP contribution in [0.4, 0.5) is 0 Å². The zero-order chi connectivity index (χ0) is 34.9. The molecule has 14 atom stereocenters. The number of benzene rings is 2. The molecule has 3 heterocycles. The summed E-state index contributed by atoms with van der Waals surface area (Å²) in [5, 5.41) is 13.6. The van der Waals surface area contributed by atoms with E-state index in [9.17, 15) is 19.5 Å². The van der Waals surface area contributed by atoms with E-state index in [1.54, 1.807) is 74.5 Å². The molecule has 1 spiro atoms. The summed E-state index contributed by atoms with van der Waals surface area (Å²) in [4.78, 5) is 40.6. The van der Waals surface area contributed by atoms with Crippen molar-refractivity contribution in [1.82, 2.24) is 0 Å². The predicted molar refractivity (Wildman–Crippen MR) is 171 cm³/mol. The third kappa shape index (κ3) is 4.05. The molecule has 0 amide bonds. The van der Waals surface area contributed by atoms with Gasteiger partial charge in [0.2, 0.25) is 0 Å². The van der Waals surface area contributed by atoms with Gasteiger partial charge in [0.15, 0.2) is 11.7 Å². The lowest BCUT2D eigenvalue weighted by molar-refractivity contribution is -0.388. The van der Waals surface area contributed by atoms with Crippen LogP contribution in [0.3, 0.4) is 0 Å². The number of hydrogen-bond donors (Lipinski definition) is 1. The van der Waals surface area contributed by atoms with E-state index in [0.717, 1.165) is 0 Å². The van der Waals surface area contributed by atoms with Crippen molar-refractivity contribution >= 4 is 17.9 Å². The number of carbonyl (C=O) groups is 3. The molecule has 2 aromatic rings. The quantitative estimate of drug-likeness (QED) is 0.266. The molecular formula is C38H42O11. The number of ether oxygens (including phenoxy) is 7. The van der Waals surface area contributed by atoms with Gasteiger partial charge in [-0.05, 0) is 56.0 Å². The van der Waals surface area contributed by atoms with E-state index in [-0.39, 0.29) is 11.5 Å². The van der Waals surface area contributed by atoms with E-state index in [1.165, 1.54) is 6.92 Å². The molecule has 6 fully saturated rings. The molecule has 49 heavy (non-hydrogen) atoms. The van der Waals surface area contributed by atoms with Gasteiger partial charge in [-0.3, -0.25) is 4.79 Å². The van der Waals surface area contributed by atoms with Gasteiger partial charge in [-0.2, -0.15) is 0 Å². The summed E-state index contributed by atoms with van der Waals surface area (Å²) in [5.74, 6) is -6.04. The summed E-state index contributed by atoms with van der Waals surface area (Å²) in [6.45, 7) is 14.7. The number of fused-ring (bicyclic) bond motifs is 5. The summed E-state index contributed by atoms with van der Waals surface area (Å²) < 4.78 is 45.6. The predicted octanol–water partition coefficient (Wildman–Crippen LogP) is 4.37. The highest BCUT2D eigenvalue weighted by Crippen LogP contribution is 2.73. The van der Waals surface area contributed by atoms with Crippen molar-refractivity contribution in [2.45, 2.75) is 107 Å². The Morgan fingerprint density at radius 1 is 0.816 bits per heavy atom. The monoisotopic (exact) mass is 674 g/mol.